The monoisotopic (exact) mass is 405 g/mol. The lowest BCUT2D eigenvalue weighted by atomic mass is 10.1. The Hall–Kier alpha value is -3.20. The van der Waals surface area contributed by atoms with Gasteiger partial charge < -0.3 is 10.6 Å². The molecule has 0 saturated heterocycles. The summed E-state index contributed by atoms with van der Waals surface area (Å²) in [5, 5.41) is 5.12. The number of nitrogens with one attached hydrogen (secondary N) is 2. The van der Waals surface area contributed by atoms with Crippen LogP contribution in [0.15, 0.2) is 48.7 Å². The van der Waals surface area contributed by atoms with Gasteiger partial charge in [0.1, 0.15) is 21.7 Å². The van der Waals surface area contributed by atoms with Crippen molar-refractivity contribution in [3.8, 4) is 10.6 Å². The number of thiazole rings is 1. The Bertz CT molecular complexity index is 1040. The van der Waals surface area contributed by atoms with Crippen LogP contribution in [0.2, 0.25) is 0 Å². The molecule has 3 rings (SSSR count). The van der Waals surface area contributed by atoms with Crippen LogP contribution in [-0.4, -0.2) is 23.8 Å². The number of carbonyl (C=O) groups is 2. The van der Waals surface area contributed by atoms with Crippen molar-refractivity contribution in [2.45, 2.75) is 6.04 Å². The van der Waals surface area contributed by atoms with E-state index < -0.39 is 35.3 Å². The number of nitrogens with zero attached hydrogens (tertiary/aromatic N) is 1. The molecule has 9 heteroatoms. The Morgan fingerprint density at radius 1 is 1.04 bits per heavy atom. The largest absolute Gasteiger partial charge is 0.357 e. The van der Waals surface area contributed by atoms with E-state index in [9.17, 15) is 22.8 Å². The molecule has 1 heterocycles. The van der Waals surface area contributed by atoms with Crippen molar-refractivity contribution in [1.29, 1.82) is 0 Å². The van der Waals surface area contributed by atoms with Crippen molar-refractivity contribution in [3.05, 3.63) is 76.6 Å². The van der Waals surface area contributed by atoms with Crippen LogP contribution in [0, 0.1) is 17.5 Å². The third-order valence-corrected chi connectivity index (χ3v) is 4.92. The zero-order chi connectivity index (χ0) is 20.3. The quantitative estimate of drug-likeness (QED) is 0.683. The maximum absolute atomic E-state index is 13.9. The summed E-state index contributed by atoms with van der Waals surface area (Å²) in [5.74, 6) is -3.95. The lowest BCUT2D eigenvalue weighted by Crippen LogP contribution is -2.38. The summed E-state index contributed by atoms with van der Waals surface area (Å²) in [4.78, 5) is 28.9. The maximum Gasteiger partial charge on any atom is 0.263 e. The fraction of sp³-hybridized carbons (Fsp3) is 0.105. The first-order chi connectivity index (χ1) is 13.4. The van der Waals surface area contributed by atoms with Gasteiger partial charge in [0.05, 0.1) is 6.20 Å². The molecule has 0 bridgehead atoms. The molecule has 1 unspecified atom stereocenters. The van der Waals surface area contributed by atoms with Gasteiger partial charge in [-0.2, -0.15) is 0 Å². The number of halogens is 3. The minimum Gasteiger partial charge on any atom is -0.357 e. The minimum absolute atomic E-state index is 0.0745. The molecule has 0 aliphatic rings. The van der Waals surface area contributed by atoms with Gasteiger partial charge in [0.25, 0.3) is 5.91 Å². The van der Waals surface area contributed by atoms with Crippen LogP contribution in [0.3, 0.4) is 0 Å². The Balaban J connectivity index is 1.86. The molecule has 3 aromatic rings. The lowest BCUT2D eigenvalue weighted by molar-refractivity contribution is -0.122. The van der Waals surface area contributed by atoms with Gasteiger partial charge in [0, 0.05) is 12.6 Å². The van der Waals surface area contributed by atoms with Crippen LogP contribution in [0.4, 0.5) is 13.2 Å². The average Bonchev–Trinajstić information content (AvgIpc) is 3.18. The van der Waals surface area contributed by atoms with Crippen LogP contribution in [0.1, 0.15) is 21.3 Å². The molecule has 2 amide bonds. The molecule has 28 heavy (non-hydrogen) atoms. The molecular weight excluding hydrogens is 391 g/mol. The van der Waals surface area contributed by atoms with Gasteiger partial charge in [-0.1, -0.05) is 18.2 Å². The van der Waals surface area contributed by atoms with Gasteiger partial charge in [0.15, 0.2) is 11.6 Å². The number of aromatic nitrogens is 1. The summed E-state index contributed by atoms with van der Waals surface area (Å²) < 4.78 is 40.6. The smallest absolute Gasteiger partial charge is 0.263 e. The Morgan fingerprint density at radius 3 is 2.46 bits per heavy atom. The predicted molar refractivity (Wildman–Crippen MR) is 98.1 cm³/mol. The fourth-order valence-corrected chi connectivity index (χ4v) is 3.32. The van der Waals surface area contributed by atoms with E-state index in [-0.39, 0.29) is 16.0 Å². The van der Waals surface area contributed by atoms with Crippen molar-refractivity contribution in [2.24, 2.45) is 0 Å². The van der Waals surface area contributed by atoms with Crippen molar-refractivity contribution in [3.63, 3.8) is 0 Å². The molecule has 1 atom stereocenters. The molecular formula is C19H14F3N3O2S. The molecule has 0 aliphatic carbocycles. The molecule has 0 aliphatic heterocycles. The second-order valence-corrected chi connectivity index (χ2v) is 6.73. The number of amides is 2. The lowest BCUT2D eigenvalue weighted by Gasteiger charge is -2.17. The molecule has 0 spiro atoms. The van der Waals surface area contributed by atoms with E-state index in [2.05, 4.69) is 15.6 Å². The van der Waals surface area contributed by atoms with E-state index >= 15 is 0 Å². The third-order valence-electron chi connectivity index (χ3n) is 3.89. The summed E-state index contributed by atoms with van der Waals surface area (Å²) in [7, 11) is 1.35. The molecule has 1 aromatic heterocycles. The van der Waals surface area contributed by atoms with Crippen molar-refractivity contribution < 1.29 is 22.8 Å². The van der Waals surface area contributed by atoms with Crippen LogP contribution in [0.5, 0.6) is 0 Å². The number of likely N-dealkylation sites (N-methyl/N-ethyl adjacent to an activating group) is 1. The molecule has 0 radical (unpaired) electrons. The van der Waals surface area contributed by atoms with Gasteiger partial charge in [-0.3, -0.25) is 9.59 Å². The molecule has 0 fully saturated rings. The first-order valence-corrected chi connectivity index (χ1v) is 8.90. The first kappa shape index (κ1) is 19.6. The zero-order valence-corrected chi connectivity index (χ0v) is 15.3. The number of hydrogen-bond acceptors (Lipinski definition) is 4. The standard InChI is InChI=1S/C19H14F3N3O2S/c1-23-18(27)16(10-6-7-13(21)14(22)8-10)25-17(26)15-9-24-19(28-15)11-4-2-3-5-12(11)20/h2-9,16H,1H3,(H,23,27)(H,25,26). The van der Waals surface area contributed by atoms with Gasteiger partial charge in [0.2, 0.25) is 5.91 Å². The SMILES string of the molecule is CNC(=O)C(NC(=O)c1cnc(-c2ccccc2F)s1)c1ccc(F)c(F)c1. The minimum atomic E-state index is -1.24. The topological polar surface area (TPSA) is 71.1 Å². The highest BCUT2D eigenvalue weighted by Crippen LogP contribution is 2.27. The molecule has 0 saturated carbocycles. The Labute approximate surface area is 162 Å². The number of benzene rings is 2. The summed E-state index contributed by atoms with van der Waals surface area (Å²) >= 11 is 0.941. The van der Waals surface area contributed by atoms with E-state index in [1.807, 2.05) is 0 Å². The van der Waals surface area contributed by atoms with Crippen molar-refractivity contribution in [1.82, 2.24) is 15.6 Å². The first-order valence-electron chi connectivity index (χ1n) is 8.09. The van der Waals surface area contributed by atoms with Crippen molar-refractivity contribution in [2.75, 3.05) is 7.05 Å². The summed E-state index contributed by atoms with van der Waals surface area (Å²) in [6.45, 7) is 0. The highest BCUT2D eigenvalue weighted by atomic mass is 32.1. The molecule has 5 nitrogen and oxygen atoms in total. The van der Waals surface area contributed by atoms with Crippen molar-refractivity contribution >= 4 is 23.2 Å². The van der Waals surface area contributed by atoms with Gasteiger partial charge >= 0.3 is 0 Å². The average molecular weight is 405 g/mol. The summed E-state index contributed by atoms with van der Waals surface area (Å²) in [6.07, 6.45) is 1.26. The summed E-state index contributed by atoms with van der Waals surface area (Å²) in [5.41, 5.74) is 0.320. The molecule has 144 valence electrons. The van der Waals surface area contributed by atoms with E-state index in [1.54, 1.807) is 6.07 Å². The van der Waals surface area contributed by atoms with Crippen LogP contribution in [0.25, 0.3) is 10.6 Å². The van der Waals surface area contributed by atoms with Crippen LogP contribution < -0.4 is 10.6 Å². The molecule has 2 N–H and O–H groups in total. The van der Waals surface area contributed by atoms with E-state index in [0.29, 0.717) is 5.01 Å². The summed E-state index contributed by atoms with van der Waals surface area (Å²) in [6, 6.07) is 7.66. The van der Waals surface area contributed by atoms with Gasteiger partial charge in [-0.15, -0.1) is 11.3 Å². The number of rotatable bonds is 5. The fourth-order valence-electron chi connectivity index (χ4n) is 2.48. The normalized spacial score (nSPS) is 11.7. The van der Waals surface area contributed by atoms with E-state index in [0.717, 1.165) is 23.5 Å². The van der Waals surface area contributed by atoms with Crippen LogP contribution >= 0.6 is 11.3 Å². The Morgan fingerprint density at radius 2 is 1.79 bits per heavy atom. The highest BCUT2D eigenvalue weighted by molar-refractivity contribution is 7.16. The Kier molecular flexibility index (Phi) is 5.74. The predicted octanol–water partition coefficient (Wildman–Crippen LogP) is 3.44. The van der Waals surface area contributed by atoms with Gasteiger partial charge in [-0.25, -0.2) is 18.2 Å². The highest BCUT2D eigenvalue weighted by Gasteiger charge is 2.25. The van der Waals surface area contributed by atoms with Crippen LogP contribution in [-0.2, 0) is 4.79 Å². The third kappa shape index (κ3) is 4.04. The van der Waals surface area contributed by atoms with E-state index in [4.69, 9.17) is 0 Å². The second kappa shape index (κ2) is 8.22. The second-order valence-electron chi connectivity index (χ2n) is 5.70. The maximum atomic E-state index is 13.9. The number of hydrogen-bond donors (Lipinski definition) is 2. The number of carbonyl (C=O) groups excluding carboxylic acids is 2. The van der Waals surface area contributed by atoms with Gasteiger partial charge in [-0.05, 0) is 29.8 Å². The zero-order valence-electron chi connectivity index (χ0n) is 14.5. The van der Waals surface area contributed by atoms with E-state index in [1.165, 1.54) is 37.5 Å². The molecule has 2 aromatic carbocycles.